The Morgan fingerprint density at radius 3 is 2.67 bits per heavy atom. The fraction of sp³-hybridized carbons (Fsp3) is 0.333. The molecule has 0 aliphatic heterocycles. The van der Waals surface area contributed by atoms with E-state index in [0.717, 1.165) is 11.0 Å². The molecule has 0 aliphatic rings. The molecule has 6 nitrogen and oxygen atoms in total. The second-order valence-corrected chi connectivity index (χ2v) is 3.54. The summed E-state index contributed by atoms with van der Waals surface area (Å²) in [5.41, 5.74) is 1.90. The minimum absolute atomic E-state index is 0. The molecule has 9 heteroatoms. The van der Waals surface area contributed by atoms with Gasteiger partial charge in [0.05, 0.1) is 23.2 Å². The van der Waals surface area contributed by atoms with Crippen LogP contribution in [0, 0.1) is 0 Å². The first-order valence-electron chi connectivity index (χ1n) is 4.78. The predicted molar refractivity (Wildman–Crippen MR) is 59.2 cm³/mol. The Morgan fingerprint density at radius 2 is 2.06 bits per heavy atom. The third-order valence-electron chi connectivity index (χ3n) is 1.69. The van der Waals surface area contributed by atoms with Crippen molar-refractivity contribution >= 4 is 22.0 Å². The molecule has 0 spiro atoms. The van der Waals surface area contributed by atoms with E-state index in [9.17, 15) is 12.8 Å². The summed E-state index contributed by atoms with van der Waals surface area (Å²) in [6.45, 7) is -0.607. The van der Waals surface area contributed by atoms with Crippen molar-refractivity contribution in [3.05, 3.63) is 24.3 Å². The summed E-state index contributed by atoms with van der Waals surface area (Å²) in [4.78, 5) is 0. The zero-order chi connectivity index (χ0) is 12.5. The molecular formula is C9H11FLiN3O3S. The number of para-hydroxylation sites is 1. The van der Waals surface area contributed by atoms with Crippen LogP contribution in [0.5, 0.6) is 0 Å². The van der Waals surface area contributed by atoms with Crippen LogP contribution in [-0.2, 0) is 23.6 Å². The smallest absolute Gasteiger partial charge is 0.424 e. The molecule has 0 bridgehead atoms. The van der Waals surface area contributed by atoms with Crippen molar-refractivity contribution in [2.75, 3.05) is 13.3 Å². The van der Waals surface area contributed by atoms with Crippen LogP contribution in [0.25, 0.3) is 11.0 Å². The molecule has 2 rings (SSSR count). The number of H-pyrrole nitrogens is 1. The van der Waals surface area contributed by atoms with Crippen LogP contribution in [0.15, 0.2) is 24.3 Å². The summed E-state index contributed by atoms with van der Waals surface area (Å²) < 4.78 is 34.2. The van der Waals surface area contributed by atoms with Gasteiger partial charge in [-0.15, -0.1) is 5.10 Å². The fourth-order valence-corrected chi connectivity index (χ4v) is 1.22. The van der Waals surface area contributed by atoms with Crippen LogP contribution in [0.2, 0.25) is 0 Å². The number of nitrogens with one attached hydrogen (secondary N) is 1. The maximum Gasteiger partial charge on any atom is 1.00 e. The molecule has 1 aromatic heterocycles. The van der Waals surface area contributed by atoms with E-state index in [1.165, 1.54) is 0 Å². The van der Waals surface area contributed by atoms with Gasteiger partial charge < -0.3 is 12.6 Å². The Hall–Kier alpha value is -0.943. The van der Waals surface area contributed by atoms with Gasteiger partial charge in [0.2, 0.25) is 0 Å². The maximum atomic E-state index is 11.2. The van der Waals surface area contributed by atoms with E-state index >= 15 is 0 Å². The van der Waals surface area contributed by atoms with E-state index in [1.54, 1.807) is 0 Å². The number of alkyl halides is 1. The number of halogens is 1. The van der Waals surface area contributed by atoms with Gasteiger partial charge in [-0.3, -0.25) is 9.49 Å². The van der Waals surface area contributed by atoms with Gasteiger partial charge in [-0.25, -0.2) is 0 Å². The molecule has 1 N–H and O–H groups in total. The summed E-state index contributed by atoms with van der Waals surface area (Å²) in [7, 11) is -2.48. The zero-order valence-corrected chi connectivity index (χ0v) is 10.7. The number of fused-ring (bicyclic) bond motifs is 1. The number of rotatable bonds is 4. The Balaban J connectivity index is 0.000000308. The third-order valence-corrected chi connectivity index (χ3v) is 2.05. The maximum absolute atomic E-state index is 11.2. The van der Waals surface area contributed by atoms with Crippen molar-refractivity contribution in [2.24, 2.45) is 0 Å². The first kappa shape index (κ1) is 17.1. The molecule has 18 heavy (non-hydrogen) atoms. The Bertz CT molecular complexity index is 482. The van der Waals surface area contributed by atoms with Crippen LogP contribution in [-0.4, -0.2) is 28.7 Å². The normalized spacial score (nSPS) is 9.67. The van der Waals surface area contributed by atoms with Crippen molar-refractivity contribution in [3.63, 3.8) is 0 Å². The molecule has 0 amide bonds. The number of benzene rings is 1. The van der Waals surface area contributed by atoms with Crippen LogP contribution in [0.1, 0.15) is 6.42 Å². The molecular weight excluding hydrogens is 256 g/mol. The minimum atomic E-state index is -2.48. The monoisotopic (exact) mass is 267 g/mol. The van der Waals surface area contributed by atoms with Crippen molar-refractivity contribution in [1.29, 1.82) is 0 Å². The zero-order valence-electron chi connectivity index (χ0n) is 9.84. The van der Waals surface area contributed by atoms with E-state index in [-0.39, 0.29) is 31.9 Å². The summed E-state index contributed by atoms with van der Waals surface area (Å²) >= 11 is 0. The fourth-order valence-electron chi connectivity index (χ4n) is 0.970. The van der Waals surface area contributed by atoms with Gasteiger partial charge >= 0.3 is 18.9 Å². The molecule has 0 radical (unpaired) electrons. The minimum Gasteiger partial charge on any atom is -0.424 e. The molecule has 0 aliphatic carbocycles. The molecule has 94 valence electrons. The summed E-state index contributed by atoms with van der Waals surface area (Å²) in [6.07, 6.45) is 0.133. The van der Waals surface area contributed by atoms with E-state index in [0.29, 0.717) is 0 Å². The molecule has 0 fully saturated rings. The first-order chi connectivity index (χ1) is 8.24. The van der Waals surface area contributed by atoms with Gasteiger partial charge in [-0.1, -0.05) is 17.3 Å². The van der Waals surface area contributed by atoms with Gasteiger partial charge in [0.25, 0.3) is 0 Å². The predicted octanol–water partition coefficient (Wildman–Crippen LogP) is -1.45. The topological polar surface area (TPSA) is 84.9 Å². The Morgan fingerprint density at radius 1 is 1.33 bits per heavy atom. The molecule has 0 saturated carbocycles. The van der Waals surface area contributed by atoms with Crippen molar-refractivity contribution in [3.8, 4) is 0 Å². The number of hydrogen-bond acceptors (Lipinski definition) is 6. The average Bonchev–Trinajstić information content (AvgIpc) is 2.78. The number of aromatic amines is 1. The van der Waals surface area contributed by atoms with E-state index in [4.69, 9.17) is 0 Å². The third kappa shape index (κ3) is 6.71. The van der Waals surface area contributed by atoms with Crippen LogP contribution >= 0.6 is 0 Å². The van der Waals surface area contributed by atoms with Crippen LogP contribution < -0.4 is 18.9 Å². The Kier molecular flexibility index (Phi) is 9.50. The molecule has 1 aromatic carbocycles. The Labute approximate surface area is 117 Å². The van der Waals surface area contributed by atoms with Gasteiger partial charge in [0, 0.05) is 6.61 Å². The van der Waals surface area contributed by atoms with E-state index in [2.05, 4.69) is 19.6 Å². The van der Waals surface area contributed by atoms with E-state index in [1.807, 2.05) is 24.3 Å². The largest absolute Gasteiger partial charge is 1.00 e. The molecule has 1 heterocycles. The summed E-state index contributed by atoms with van der Waals surface area (Å²) in [5.74, 6) is 0. The van der Waals surface area contributed by atoms with Crippen molar-refractivity contribution in [2.45, 2.75) is 6.42 Å². The number of hydrogen-bond donors (Lipinski definition) is 1. The second kappa shape index (κ2) is 10.0. The molecule has 0 unspecified atom stereocenters. The molecule has 2 aromatic rings. The first-order valence-corrected chi connectivity index (χ1v) is 5.78. The average molecular weight is 267 g/mol. The van der Waals surface area contributed by atoms with Crippen molar-refractivity contribution in [1.82, 2.24) is 15.4 Å². The standard InChI is InChI=1S/C6H5N3.C3H6FO3S.Li/c1-2-4-6-5(3-1)7-9-8-6;4-2-1-3-7-8(5)6;/h1-4H,(H,7,8,9);1-3H2;/q;-1;+1. The van der Waals surface area contributed by atoms with Gasteiger partial charge in [-0.2, -0.15) is 0 Å². The summed E-state index contributed by atoms with van der Waals surface area (Å²) in [6, 6.07) is 7.74. The van der Waals surface area contributed by atoms with Crippen LogP contribution in [0.3, 0.4) is 0 Å². The summed E-state index contributed by atoms with van der Waals surface area (Å²) in [5, 5.41) is 10.2. The molecule has 0 atom stereocenters. The van der Waals surface area contributed by atoms with Gasteiger partial charge in [0.1, 0.15) is 5.52 Å². The number of aromatic nitrogens is 3. The van der Waals surface area contributed by atoms with Crippen LogP contribution in [0.4, 0.5) is 4.39 Å². The SMILES string of the molecule is O=[S-](=O)OCCCF.[Li+].c1ccc2[nH]nnc2c1. The molecule has 0 saturated heterocycles. The quantitative estimate of drug-likeness (QED) is 0.416. The van der Waals surface area contributed by atoms with Gasteiger partial charge in [-0.05, 0) is 18.6 Å². The number of nitrogens with zero attached hydrogens (tertiary/aromatic N) is 2. The van der Waals surface area contributed by atoms with Crippen molar-refractivity contribution < 1.29 is 35.9 Å². The second-order valence-electron chi connectivity index (χ2n) is 2.90. The van der Waals surface area contributed by atoms with E-state index < -0.39 is 17.7 Å². The van der Waals surface area contributed by atoms with Gasteiger partial charge in [0.15, 0.2) is 0 Å².